The zero-order valence-corrected chi connectivity index (χ0v) is 16.1. The zero-order valence-electron chi connectivity index (χ0n) is 15.4. The monoisotopic (exact) mass is 397 g/mol. The molecular weight excluding hydrogens is 378 g/mol. The maximum Gasteiger partial charge on any atom is 0.262 e. The Kier molecular flexibility index (Phi) is 6.76. The van der Waals surface area contributed by atoms with Gasteiger partial charge < -0.3 is 19.5 Å². The number of ether oxygens (including phenoxy) is 3. The van der Waals surface area contributed by atoms with Gasteiger partial charge in [0.05, 0.1) is 12.1 Å². The lowest BCUT2D eigenvalue weighted by Crippen LogP contribution is -2.20. The van der Waals surface area contributed by atoms with Crippen molar-refractivity contribution in [2.75, 3.05) is 19.0 Å². The number of amides is 1. The van der Waals surface area contributed by atoms with E-state index in [0.717, 1.165) is 5.56 Å². The molecule has 0 spiro atoms. The Hall–Kier alpha value is -3.18. The third kappa shape index (κ3) is 5.41. The second-order valence-corrected chi connectivity index (χ2v) is 6.31. The molecule has 0 aliphatic heterocycles. The first-order valence-corrected chi connectivity index (χ1v) is 9.05. The smallest absolute Gasteiger partial charge is 0.262 e. The standard InChI is InChI=1S/C22H20ClNO4/c1-26-19-12-11-17(13-18(19)23)24-22(25)15-28-21-10-6-5-9-20(21)27-14-16-7-3-2-4-8-16/h2-13H,14-15H2,1H3,(H,24,25). The molecular formula is C22H20ClNO4. The van der Waals surface area contributed by atoms with Crippen LogP contribution in [0.25, 0.3) is 0 Å². The Morgan fingerprint density at radius 3 is 2.25 bits per heavy atom. The van der Waals surface area contributed by atoms with E-state index >= 15 is 0 Å². The van der Waals surface area contributed by atoms with Crippen LogP contribution >= 0.6 is 11.6 Å². The number of hydrogen-bond donors (Lipinski definition) is 1. The number of nitrogens with one attached hydrogen (secondary N) is 1. The summed E-state index contributed by atoms with van der Waals surface area (Å²) in [6.07, 6.45) is 0. The summed E-state index contributed by atoms with van der Waals surface area (Å²) in [6, 6.07) is 22.1. The first-order valence-electron chi connectivity index (χ1n) is 8.67. The van der Waals surface area contributed by atoms with E-state index in [2.05, 4.69) is 5.32 Å². The fourth-order valence-electron chi connectivity index (χ4n) is 2.51. The molecule has 0 atom stereocenters. The summed E-state index contributed by atoms with van der Waals surface area (Å²) in [5.74, 6) is 1.31. The van der Waals surface area contributed by atoms with Crippen molar-refractivity contribution in [3.05, 3.63) is 83.4 Å². The molecule has 0 bridgehead atoms. The first-order chi connectivity index (χ1) is 13.7. The Morgan fingerprint density at radius 1 is 0.893 bits per heavy atom. The van der Waals surface area contributed by atoms with Crippen molar-refractivity contribution >= 4 is 23.2 Å². The number of halogens is 1. The van der Waals surface area contributed by atoms with Gasteiger partial charge in [-0.15, -0.1) is 0 Å². The van der Waals surface area contributed by atoms with Gasteiger partial charge in [0.25, 0.3) is 5.91 Å². The maximum atomic E-state index is 12.2. The highest BCUT2D eigenvalue weighted by atomic mass is 35.5. The fraction of sp³-hybridized carbons (Fsp3) is 0.136. The van der Waals surface area contributed by atoms with Gasteiger partial charge in [-0.2, -0.15) is 0 Å². The van der Waals surface area contributed by atoms with E-state index in [-0.39, 0.29) is 12.5 Å². The van der Waals surface area contributed by atoms with Crippen molar-refractivity contribution in [2.24, 2.45) is 0 Å². The Balaban J connectivity index is 1.56. The van der Waals surface area contributed by atoms with Crippen LogP contribution in [0.5, 0.6) is 17.2 Å². The maximum absolute atomic E-state index is 12.2. The molecule has 0 saturated heterocycles. The second-order valence-electron chi connectivity index (χ2n) is 5.91. The molecule has 0 saturated carbocycles. The highest BCUT2D eigenvalue weighted by Crippen LogP contribution is 2.28. The van der Waals surface area contributed by atoms with E-state index in [4.69, 9.17) is 25.8 Å². The minimum absolute atomic E-state index is 0.157. The minimum atomic E-state index is -0.306. The normalized spacial score (nSPS) is 10.2. The van der Waals surface area contributed by atoms with E-state index < -0.39 is 0 Å². The molecule has 5 nitrogen and oxygen atoms in total. The summed E-state index contributed by atoms with van der Waals surface area (Å²) in [7, 11) is 1.53. The van der Waals surface area contributed by atoms with Crippen LogP contribution < -0.4 is 19.5 Å². The van der Waals surface area contributed by atoms with Gasteiger partial charge in [-0.3, -0.25) is 4.79 Å². The van der Waals surface area contributed by atoms with E-state index in [1.807, 2.05) is 42.5 Å². The van der Waals surface area contributed by atoms with Crippen molar-refractivity contribution in [2.45, 2.75) is 6.61 Å². The van der Waals surface area contributed by atoms with E-state index in [9.17, 15) is 4.79 Å². The van der Waals surface area contributed by atoms with Gasteiger partial charge in [-0.25, -0.2) is 0 Å². The molecule has 1 amide bonds. The lowest BCUT2D eigenvalue weighted by molar-refractivity contribution is -0.118. The van der Waals surface area contributed by atoms with Crippen molar-refractivity contribution in [1.82, 2.24) is 0 Å². The van der Waals surface area contributed by atoms with Crippen LogP contribution in [0.2, 0.25) is 5.02 Å². The van der Waals surface area contributed by atoms with Crippen LogP contribution in [0.3, 0.4) is 0 Å². The van der Waals surface area contributed by atoms with Crippen LogP contribution in [0.1, 0.15) is 5.56 Å². The molecule has 144 valence electrons. The molecule has 0 aromatic heterocycles. The average Bonchev–Trinajstić information content (AvgIpc) is 2.72. The lowest BCUT2D eigenvalue weighted by atomic mass is 10.2. The number of hydrogen-bond acceptors (Lipinski definition) is 4. The van der Waals surface area contributed by atoms with Crippen molar-refractivity contribution < 1.29 is 19.0 Å². The van der Waals surface area contributed by atoms with Crippen molar-refractivity contribution in [3.63, 3.8) is 0 Å². The van der Waals surface area contributed by atoms with Crippen LogP contribution in [0.15, 0.2) is 72.8 Å². The molecule has 28 heavy (non-hydrogen) atoms. The summed E-state index contributed by atoms with van der Waals surface area (Å²) in [5, 5.41) is 3.15. The predicted molar refractivity (Wildman–Crippen MR) is 109 cm³/mol. The molecule has 1 N–H and O–H groups in total. The van der Waals surface area contributed by atoms with Gasteiger partial charge in [-0.05, 0) is 35.9 Å². The molecule has 0 unspecified atom stereocenters. The molecule has 6 heteroatoms. The number of para-hydroxylation sites is 2. The second kappa shape index (κ2) is 9.67. The van der Waals surface area contributed by atoms with Crippen molar-refractivity contribution in [3.8, 4) is 17.2 Å². The number of carbonyl (C=O) groups is 1. The zero-order chi connectivity index (χ0) is 19.8. The average molecular weight is 398 g/mol. The van der Waals surface area contributed by atoms with E-state index in [0.29, 0.717) is 34.6 Å². The number of carbonyl (C=O) groups excluding carboxylic acids is 1. The molecule has 0 aliphatic carbocycles. The first kappa shape index (κ1) is 19.6. The van der Waals surface area contributed by atoms with Crippen LogP contribution in [-0.4, -0.2) is 19.6 Å². The van der Waals surface area contributed by atoms with Gasteiger partial charge in [0.2, 0.25) is 0 Å². The van der Waals surface area contributed by atoms with Gasteiger partial charge in [0.15, 0.2) is 18.1 Å². The van der Waals surface area contributed by atoms with Crippen LogP contribution in [-0.2, 0) is 11.4 Å². The van der Waals surface area contributed by atoms with Gasteiger partial charge >= 0.3 is 0 Å². The summed E-state index contributed by atoms with van der Waals surface area (Å²) in [5.41, 5.74) is 1.61. The third-order valence-corrected chi connectivity index (χ3v) is 4.18. The molecule has 0 heterocycles. The topological polar surface area (TPSA) is 56.8 Å². The highest BCUT2D eigenvalue weighted by Gasteiger charge is 2.09. The summed E-state index contributed by atoms with van der Waals surface area (Å²) < 4.78 is 16.6. The summed E-state index contributed by atoms with van der Waals surface area (Å²) >= 11 is 6.07. The number of anilines is 1. The van der Waals surface area contributed by atoms with E-state index in [1.165, 1.54) is 7.11 Å². The Morgan fingerprint density at radius 2 is 1.57 bits per heavy atom. The molecule has 0 fully saturated rings. The molecule has 3 rings (SSSR count). The Labute approximate surface area is 168 Å². The molecule has 0 aliphatic rings. The predicted octanol–water partition coefficient (Wildman–Crippen LogP) is 4.95. The van der Waals surface area contributed by atoms with Gasteiger partial charge in [0.1, 0.15) is 12.4 Å². The van der Waals surface area contributed by atoms with Crippen molar-refractivity contribution in [1.29, 1.82) is 0 Å². The summed E-state index contributed by atoms with van der Waals surface area (Å²) in [6.45, 7) is 0.257. The molecule has 3 aromatic rings. The minimum Gasteiger partial charge on any atom is -0.495 e. The fourth-order valence-corrected chi connectivity index (χ4v) is 2.77. The third-order valence-electron chi connectivity index (χ3n) is 3.88. The lowest BCUT2D eigenvalue weighted by Gasteiger charge is -2.13. The quantitative estimate of drug-likeness (QED) is 0.584. The summed E-state index contributed by atoms with van der Waals surface area (Å²) in [4.78, 5) is 12.2. The van der Waals surface area contributed by atoms with Crippen LogP contribution in [0, 0.1) is 0 Å². The van der Waals surface area contributed by atoms with Gasteiger partial charge in [0, 0.05) is 5.69 Å². The number of rotatable bonds is 8. The molecule has 3 aromatic carbocycles. The largest absolute Gasteiger partial charge is 0.495 e. The molecule has 0 radical (unpaired) electrons. The SMILES string of the molecule is COc1ccc(NC(=O)COc2ccccc2OCc2ccccc2)cc1Cl. The van der Waals surface area contributed by atoms with E-state index in [1.54, 1.807) is 30.3 Å². The highest BCUT2D eigenvalue weighted by molar-refractivity contribution is 6.32. The number of benzene rings is 3. The van der Waals surface area contributed by atoms with Crippen LogP contribution in [0.4, 0.5) is 5.69 Å². The number of methoxy groups -OCH3 is 1. The Bertz CT molecular complexity index is 931. The van der Waals surface area contributed by atoms with Gasteiger partial charge in [-0.1, -0.05) is 54.1 Å².